The molecule has 36 heavy (non-hydrogen) atoms. The van der Waals surface area contributed by atoms with Crippen LogP contribution in [0.3, 0.4) is 0 Å². The summed E-state index contributed by atoms with van der Waals surface area (Å²) in [6.07, 6.45) is 4.67. The second-order valence-corrected chi connectivity index (χ2v) is 9.99. The van der Waals surface area contributed by atoms with E-state index >= 15 is 0 Å². The SMILES string of the molecule is C=CCOC(=O)[C@@H]1[C@H]2C(=O)N(CCO)C(C(=O)N(CC=C)c3c(C)cccc3C)C23CC[C@@]1(CC)O3. The molecule has 8 nitrogen and oxygen atoms in total. The Hall–Kier alpha value is -2.97. The molecule has 0 aromatic heterocycles. The quantitative estimate of drug-likeness (QED) is 0.395. The molecule has 1 aromatic rings. The van der Waals surface area contributed by atoms with Gasteiger partial charge in [0.05, 0.1) is 18.1 Å². The smallest absolute Gasteiger partial charge is 0.313 e. The largest absolute Gasteiger partial charge is 0.461 e. The minimum Gasteiger partial charge on any atom is -0.461 e. The summed E-state index contributed by atoms with van der Waals surface area (Å²) in [5.41, 5.74) is 0.560. The molecular weight excluding hydrogens is 460 g/mol. The molecule has 1 spiro atoms. The Morgan fingerprint density at radius 3 is 2.53 bits per heavy atom. The van der Waals surface area contributed by atoms with E-state index in [0.29, 0.717) is 19.3 Å². The molecule has 0 radical (unpaired) electrons. The molecule has 2 unspecified atom stereocenters. The van der Waals surface area contributed by atoms with Crippen molar-refractivity contribution in [3.8, 4) is 0 Å². The van der Waals surface area contributed by atoms with Crippen LogP contribution in [-0.4, -0.2) is 71.3 Å². The highest BCUT2D eigenvalue weighted by molar-refractivity contribution is 6.05. The predicted octanol–water partition coefficient (Wildman–Crippen LogP) is 2.70. The minimum atomic E-state index is -1.17. The Labute approximate surface area is 212 Å². The number of ether oxygens (including phenoxy) is 2. The van der Waals surface area contributed by atoms with Crippen LogP contribution in [0, 0.1) is 25.7 Å². The van der Waals surface area contributed by atoms with Crippen molar-refractivity contribution >= 4 is 23.5 Å². The maximum Gasteiger partial charge on any atom is 0.313 e. The summed E-state index contributed by atoms with van der Waals surface area (Å²) in [4.78, 5) is 44.6. The minimum absolute atomic E-state index is 0.0287. The third kappa shape index (κ3) is 3.69. The van der Waals surface area contributed by atoms with Crippen molar-refractivity contribution in [3.05, 3.63) is 54.6 Å². The zero-order chi connectivity index (χ0) is 26.3. The van der Waals surface area contributed by atoms with Gasteiger partial charge in [0.1, 0.15) is 24.2 Å². The Balaban J connectivity index is 1.83. The molecule has 1 aromatic carbocycles. The number of esters is 1. The van der Waals surface area contributed by atoms with Crippen LogP contribution < -0.4 is 4.90 Å². The number of likely N-dealkylation sites (tertiary alicyclic amines) is 1. The Kier molecular flexibility index (Phi) is 7.12. The topological polar surface area (TPSA) is 96.4 Å². The predicted molar refractivity (Wildman–Crippen MR) is 135 cm³/mol. The van der Waals surface area contributed by atoms with Crippen LogP contribution in [0.25, 0.3) is 0 Å². The zero-order valence-corrected chi connectivity index (χ0v) is 21.4. The van der Waals surface area contributed by atoms with E-state index in [9.17, 15) is 19.5 Å². The number of β-amino-alcohol motifs (C(OH)–C–C–N with tert-alkyl or cyclic N) is 1. The average Bonchev–Trinajstić information content (AvgIpc) is 3.45. The number of para-hydroxylation sites is 1. The van der Waals surface area contributed by atoms with Crippen LogP contribution in [-0.2, 0) is 23.9 Å². The van der Waals surface area contributed by atoms with Gasteiger partial charge in [-0.25, -0.2) is 0 Å². The number of fused-ring (bicyclic) bond motifs is 1. The van der Waals surface area contributed by atoms with Crippen molar-refractivity contribution in [2.75, 3.05) is 31.2 Å². The van der Waals surface area contributed by atoms with Crippen molar-refractivity contribution in [2.24, 2.45) is 11.8 Å². The van der Waals surface area contributed by atoms with E-state index < -0.39 is 35.0 Å². The number of aryl methyl sites for hydroxylation is 2. The lowest BCUT2D eigenvalue weighted by Gasteiger charge is -2.37. The number of amides is 2. The third-order valence-corrected chi connectivity index (χ3v) is 8.14. The second kappa shape index (κ2) is 9.82. The highest BCUT2D eigenvalue weighted by Gasteiger charge is 2.79. The van der Waals surface area contributed by atoms with E-state index in [1.807, 2.05) is 39.0 Å². The highest BCUT2D eigenvalue weighted by atomic mass is 16.6. The molecule has 0 saturated carbocycles. The van der Waals surface area contributed by atoms with Gasteiger partial charge in [0, 0.05) is 18.8 Å². The number of nitrogens with zero attached hydrogens (tertiary/aromatic N) is 2. The second-order valence-electron chi connectivity index (χ2n) is 9.99. The van der Waals surface area contributed by atoms with Crippen LogP contribution in [0.4, 0.5) is 5.69 Å². The molecule has 4 rings (SSSR count). The van der Waals surface area contributed by atoms with Crippen molar-refractivity contribution < 1.29 is 29.0 Å². The van der Waals surface area contributed by atoms with Crippen LogP contribution in [0.15, 0.2) is 43.5 Å². The van der Waals surface area contributed by atoms with Crippen LogP contribution >= 0.6 is 0 Å². The molecule has 3 saturated heterocycles. The van der Waals surface area contributed by atoms with Crippen LogP contribution in [0.1, 0.15) is 37.3 Å². The Morgan fingerprint density at radius 2 is 1.94 bits per heavy atom. The number of hydrogen-bond donors (Lipinski definition) is 1. The standard InChI is InChI=1S/C28H36N2O6/c1-6-14-29(22-18(4)10-9-11-19(22)5)25(33)23-28-13-12-27(8-3,36-28)21(26(34)35-17-7-2)20(28)24(32)30(23)15-16-31/h6-7,9-11,20-21,23,31H,1-2,8,12-17H2,3-5H3/t20-,21-,23?,27+,28?/m0/s1. The number of carbonyl (C=O) groups is 3. The van der Waals surface area contributed by atoms with Gasteiger partial charge in [-0.1, -0.05) is 43.9 Å². The Morgan fingerprint density at radius 1 is 1.25 bits per heavy atom. The normalized spacial score (nSPS) is 30.3. The molecule has 8 heteroatoms. The summed E-state index contributed by atoms with van der Waals surface area (Å²) in [5, 5.41) is 9.83. The fraction of sp³-hybridized carbons (Fsp3) is 0.536. The van der Waals surface area contributed by atoms with Gasteiger partial charge in [-0.05, 0) is 44.2 Å². The first kappa shape index (κ1) is 26.1. The lowest BCUT2D eigenvalue weighted by Crippen LogP contribution is -2.57. The number of aliphatic hydroxyl groups excluding tert-OH is 1. The van der Waals surface area contributed by atoms with Crippen molar-refractivity contribution in [3.63, 3.8) is 0 Å². The van der Waals surface area contributed by atoms with Gasteiger partial charge in [-0.15, -0.1) is 6.58 Å². The molecule has 0 aliphatic carbocycles. The summed E-state index contributed by atoms with van der Waals surface area (Å²) in [6.45, 7) is 13.2. The molecule has 1 N–H and O–H groups in total. The lowest BCUT2D eigenvalue weighted by molar-refractivity contribution is -0.160. The first-order valence-electron chi connectivity index (χ1n) is 12.6. The Bertz CT molecular complexity index is 1070. The van der Waals surface area contributed by atoms with E-state index in [0.717, 1.165) is 16.8 Å². The number of anilines is 1. The molecule has 194 valence electrons. The van der Waals surface area contributed by atoms with Gasteiger partial charge in [0.25, 0.3) is 5.91 Å². The summed E-state index contributed by atoms with van der Waals surface area (Å²) < 4.78 is 12.1. The van der Waals surface area contributed by atoms with Crippen molar-refractivity contribution in [1.29, 1.82) is 0 Å². The molecule has 3 fully saturated rings. The third-order valence-electron chi connectivity index (χ3n) is 8.14. The van der Waals surface area contributed by atoms with Gasteiger partial charge in [0.15, 0.2) is 0 Å². The maximum absolute atomic E-state index is 14.4. The maximum atomic E-state index is 14.4. The van der Waals surface area contributed by atoms with E-state index in [1.165, 1.54) is 11.0 Å². The number of benzene rings is 1. The first-order valence-corrected chi connectivity index (χ1v) is 12.6. The van der Waals surface area contributed by atoms with Crippen LogP contribution in [0.2, 0.25) is 0 Å². The number of aliphatic hydroxyl groups is 1. The van der Waals surface area contributed by atoms with E-state index in [1.54, 1.807) is 11.0 Å². The van der Waals surface area contributed by atoms with Gasteiger partial charge in [-0.2, -0.15) is 0 Å². The lowest BCUT2D eigenvalue weighted by atomic mass is 9.65. The summed E-state index contributed by atoms with van der Waals surface area (Å²) in [6, 6.07) is 4.83. The number of hydrogen-bond acceptors (Lipinski definition) is 6. The molecule has 3 aliphatic rings. The average molecular weight is 497 g/mol. The van der Waals surface area contributed by atoms with Gasteiger partial charge in [0.2, 0.25) is 5.91 Å². The monoisotopic (exact) mass is 496 g/mol. The zero-order valence-electron chi connectivity index (χ0n) is 21.4. The molecule has 5 atom stereocenters. The van der Waals surface area contributed by atoms with Crippen molar-refractivity contribution in [1.82, 2.24) is 4.90 Å². The molecule has 3 aliphatic heterocycles. The molecular formula is C28H36N2O6. The van der Waals surface area contributed by atoms with E-state index in [2.05, 4.69) is 13.2 Å². The van der Waals surface area contributed by atoms with Gasteiger partial charge >= 0.3 is 5.97 Å². The summed E-state index contributed by atoms with van der Waals surface area (Å²) in [7, 11) is 0. The van der Waals surface area contributed by atoms with Gasteiger partial charge in [-0.3, -0.25) is 14.4 Å². The highest BCUT2D eigenvalue weighted by Crippen LogP contribution is 2.64. The molecule has 3 heterocycles. The first-order chi connectivity index (χ1) is 17.2. The molecule has 2 amide bonds. The fourth-order valence-corrected chi connectivity index (χ4v) is 6.73. The van der Waals surface area contributed by atoms with E-state index in [4.69, 9.17) is 9.47 Å². The number of rotatable bonds is 10. The molecule has 2 bridgehead atoms. The summed E-state index contributed by atoms with van der Waals surface area (Å²) in [5.74, 6) is -2.84. The van der Waals surface area contributed by atoms with Crippen molar-refractivity contribution in [2.45, 2.75) is 57.3 Å². The van der Waals surface area contributed by atoms with Crippen LogP contribution in [0.5, 0.6) is 0 Å². The fourth-order valence-electron chi connectivity index (χ4n) is 6.73. The van der Waals surface area contributed by atoms with E-state index in [-0.39, 0.29) is 38.1 Å². The summed E-state index contributed by atoms with van der Waals surface area (Å²) >= 11 is 0. The number of carbonyl (C=O) groups excluding carboxylic acids is 3. The van der Waals surface area contributed by atoms with Gasteiger partial charge < -0.3 is 24.4 Å².